The minimum Gasteiger partial charge on any atom is -0.332 e. The van der Waals surface area contributed by atoms with E-state index in [-0.39, 0.29) is 28.2 Å². The number of hydrogen-bond acceptors (Lipinski definition) is 3. The first-order chi connectivity index (χ1) is 15.6. The minimum atomic E-state index is -4.93. The van der Waals surface area contributed by atoms with Crippen LogP contribution < -0.4 is 5.32 Å². The maximum Gasteiger partial charge on any atom is 0.432 e. The molecule has 168 valence electrons. The smallest absolute Gasteiger partial charge is 0.332 e. The van der Waals surface area contributed by atoms with Crippen molar-refractivity contribution in [3.05, 3.63) is 93.9 Å². The molecule has 10 heteroatoms. The van der Waals surface area contributed by atoms with Gasteiger partial charge in [0.15, 0.2) is 0 Å². The van der Waals surface area contributed by atoms with Crippen molar-refractivity contribution in [3.8, 4) is 0 Å². The highest BCUT2D eigenvalue weighted by molar-refractivity contribution is 6.49. The normalized spacial score (nSPS) is 11.5. The van der Waals surface area contributed by atoms with Crippen LogP contribution >= 0.6 is 23.2 Å². The van der Waals surface area contributed by atoms with E-state index in [0.29, 0.717) is 10.6 Å². The summed E-state index contributed by atoms with van der Waals surface area (Å²) in [7, 11) is 0. The summed E-state index contributed by atoms with van der Waals surface area (Å²) in [5.41, 5.74) is -1.20. The van der Waals surface area contributed by atoms with Crippen LogP contribution in [0.25, 0.3) is 10.9 Å². The Morgan fingerprint density at radius 3 is 2.33 bits per heavy atom. The number of nitrogens with one attached hydrogen (secondary N) is 1. The third-order valence-corrected chi connectivity index (χ3v) is 5.39. The van der Waals surface area contributed by atoms with E-state index in [0.717, 1.165) is 4.57 Å². The number of fused-ring (bicyclic) bond motifs is 1. The van der Waals surface area contributed by atoms with E-state index in [1.165, 1.54) is 42.7 Å². The van der Waals surface area contributed by atoms with Crippen LogP contribution in [0, 0.1) is 0 Å². The van der Waals surface area contributed by atoms with E-state index in [1.807, 2.05) is 0 Å². The Hall–Kier alpha value is -3.36. The van der Waals surface area contributed by atoms with Crippen LogP contribution in [0.5, 0.6) is 0 Å². The van der Waals surface area contributed by atoms with Gasteiger partial charge in [0.25, 0.3) is 11.7 Å². The molecular weight excluding hydrogens is 478 g/mol. The number of halogens is 5. The predicted molar refractivity (Wildman–Crippen MR) is 120 cm³/mol. The second-order valence-corrected chi connectivity index (χ2v) is 7.99. The van der Waals surface area contributed by atoms with Gasteiger partial charge in [-0.2, -0.15) is 13.2 Å². The van der Waals surface area contributed by atoms with E-state index >= 15 is 0 Å². The van der Waals surface area contributed by atoms with Crippen molar-refractivity contribution < 1.29 is 22.8 Å². The zero-order valence-electron chi connectivity index (χ0n) is 16.7. The van der Waals surface area contributed by atoms with Gasteiger partial charge >= 0.3 is 6.18 Å². The van der Waals surface area contributed by atoms with Gasteiger partial charge in [-0.15, -0.1) is 0 Å². The van der Waals surface area contributed by atoms with Gasteiger partial charge in [-0.25, -0.2) is 0 Å². The summed E-state index contributed by atoms with van der Waals surface area (Å²) in [6, 6.07) is 13.3. The molecule has 0 aliphatic carbocycles. The molecule has 2 heterocycles. The van der Waals surface area contributed by atoms with Crippen LogP contribution in [0.2, 0.25) is 10.0 Å². The number of nitrogens with zero attached hydrogens (tertiary/aromatic N) is 2. The summed E-state index contributed by atoms with van der Waals surface area (Å²) in [5, 5.41) is 2.77. The highest BCUT2D eigenvalue weighted by atomic mass is 35.5. The number of carbonyl (C=O) groups excluding carboxylic acids is 2. The van der Waals surface area contributed by atoms with Crippen molar-refractivity contribution in [2.75, 3.05) is 5.32 Å². The van der Waals surface area contributed by atoms with Gasteiger partial charge in [-0.3, -0.25) is 14.6 Å². The van der Waals surface area contributed by atoms with Gasteiger partial charge in [-0.1, -0.05) is 35.3 Å². The molecule has 0 radical (unpaired) electrons. The number of carbonyl (C=O) groups is 2. The number of alkyl halides is 3. The zero-order chi connectivity index (χ0) is 23.8. The molecule has 0 unspecified atom stereocenters. The second-order valence-electron chi connectivity index (χ2n) is 7.12. The predicted octanol–water partition coefficient (Wildman–Crippen LogP) is 6.23. The molecule has 0 aliphatic heterocycles. The van der Waals surface area contributed by atoms with E-state index in [1.54, 1.807) is 24.3 Å². The van der Waals surface area contributed by atoms with Crippen LogP contribution in [-0.2, 0) is 17.5 Å². The minimum absolute atomic E-state index is 0.0740. The number of benzene rings is 2. The Labute approximate surface area is 195 Å². The Balaban J connectivity index is 1.89. The summed E-state index contributed by atoms with van der Waals surface area (Å²) in [6.07, 6.45) is -2.21. The number of aromatic nitrogens is 2. The molecule has 1 N–H and O–H groups in total. The van der Waals surface area contributed by atoms with E-state index < -0.39 is 29.1 Å². The SMILES string of the molecule is O=C(Nc1cccnc1)C(=O)c1c(C(F)(F)F)n(Cc2ccc(Cl)cc2)c2ccc(Cl)cc12. The molecule has 2 aromatic heterocycles. The first-order valence-corrected chi connectivity index (χ1v) is 10.3. The summed E-state index contributed by atoms with van der Waals surface area (Å²) >= 11 is 11.9. The quantitative estimate of drug-likeness (QED) is 0.265. The molecule has 4 aromatic rings. The van der Waals surface area contributed by atoms with Crippen molar-refractivity contribution in [2.45, 2.75) is 12.7 Å². The summed E-state index contributed by atoms with van der Waals surface area (Å²) in [4.78, 5) is 29.5. The van der Waals surface area contributed by atoms with Crippen LogP contribution in [0.4, 0.5) is 18.9 Å². The summed E-state index contributed by atoms with van der Waals surface area (Å²) in [6.45, 7) is -0.207. The molecule has 0 atom stereocenters. The maximum absolute atomic E-state index is 14.3. The Bertz CT molecular complexity index is 1350. The molecule has 4 rings (SSSR count). The van der Waals surface area contributed by atoms with Crippen LogP contribution in [0.15, 0.2) is 67.0 Å². The van der Waals surface area contributed by atoms with Crippen molar-refractivity contribution in [3.63, 3.8) is 0 Å². The zero-order valence-corrected chi connectivity index (χ0v) is 18.2. The fourth-order valence-corrected chi connectivity index (χ4v) is 3.82. The first kappa shape index (κ1) is 22.8. The van der Waals surface area contributed by atoms with Crippen LogP contribution in [-0.4, -0.2) is 21.2 Å². The van der Waals surface area contributed by atoms with Gasteiger partial charge in [0.05, 0.1) is 17.4 Å². The standard InChI is InChI=1S/C23H14Cl2F3N3O2/c24-14-5-3-13(4-6-14)12-31-18-8-7-15(25)10-17(18)19(21(31)23(26,27)28)20(32)22(33)30-16-2-1-9-29-11-16/h1-11H,12H2,(H,30,33). The Morgan fingerprint density at radius 1 is 1.00 bits per heavy atom. The van der Waals surface area contributed by atoms with E-state index in [4.69, 9.17) is 23.2 Å². The molecular formula is C23H14Cl2F3N3O2. The number of rotatable bonds is 5. The molecule has 0 saturated heterocycles. The molecule has 1 amide bonds. The third kappa shape index (κ3) is 4.72. The Kier molecular flexibility index (Phi) is 6.14. The van der Waals surface area contributed by atoms with Gasteiger partial charge < -0.3 is 9.88 Å². The van der Waals surface area contributed by atoms with E-state index in [9.17, 15) is 22.8 Å². The summed E-state index contributed by atoms with van der Waals surface area (Å²) < 4.78 is 43.8. The number of Topliss-reactive ketones (excluding diaryl/α,β-unsaturated/α-hetero) is 1. The topological polar surface area (TPSA) is 64.0 Å². The molecule has 5 nitrogen and oxygen atoms in total. The fourth-order valence-electron chi connectivity index (χ4n) is 3.53. The monoisotopic (exact) mass is 491 g/mol. The lowest BCUT2D eigenvalue weighted by molar-refractivity contribution is -0.143. The van der Waals surface area contributed by atoms with Gasteiger partial charge in [-0.05, 0) is 48.0 Å². The lowest BCUT2D eigenvalue weighted by Gasteiger charge is -2.15. The second kappa shape index (κ2) is 8.88. The van der Waals surface area contributed by atoms with Crippen molar-refractivity contribution in [1.82, 2.24) is 9.55 Å². The highest BCUT2D eigenvalue weighted by Crippen LogP contribution is 2.40. The van der Waals surface area contributed by atoms with Gasteiger partial charge in [0.1, 0.15) is 5.69 Å². The molecule has 0 aliphatic rings. The highest BCUT2D eigenvalue weighted by Gasteiger charge is 2.42. The lowest BCUT2D eigenvalue weighted by Crippen LogP contribution is -2.26. The molecule has 0 spiro atoms. The van der Waals surface area contributed by atoms with Crippen molar-refractivity contribution >= 4 is 51.5 Å². The van der Waals surface area contributed by atoms with Crippen LogP contribution in [0.3, 0.4) is 0 Å². The number of amides is 1. The average Bonchev–Trinajstić information content (AvgIpc) is 3.09. The molecule has 0 bridgehead atoms. The lowest BCUT2D eigenvalue weighted by atomic mass is 10.1. The summed E-state index contributed by atoms with van der Waals surface area (Å²) in [5.74, 6) is -2.56. The third-order valence-electron chi connectivity index (χ3n) is 4.90. The molecule has 0 saturated carbocycles. The Morgan fingerprint density at radius 2 is 1.70 bits per heavy atom. The molecule has 2 aromatic carbocycles. The molecule has 33 heavy (non-hydrogen) atoms. The largest absolute Gasteiger partial charge is 0.432 e. The molecule has 0 fully saturated rings. The number of hydrogen-bond donors (Lipinski definition) is 1. The van der Waals surface area contributed by atoms with Crippen LogP contribution in [0.1, 0.15) is 21.6 Å². The van der Waals surface area contributed by atoms with E-state index in [2.05, 4.69) is 10.3 Å². The maximum atomic E-state index is 14.3. The van der Waals surface area contributed by atoms with Crippen molar-refractivity contribution in [2.24, 2.45) is 0 Å². The number of ketones is 1. The first-order valence-electron chi connectivity index (χ1n) is 9.54. The fraction of sp³-hybridized carbons (Fsp3) is 0.0870. The van der Waals surface area contributed by atoms with Gasteiger partial charge in [0.2, 0.25) is 0 Å². The number of pyridine rings is 1. The number of anilines is 1. The van der Waals surface area contributed by atoms with Crippen molar-refractivity contribution in [1.29, 1.82) is 0 Å². The average molecular weight is 492 g/mol. The van der Waals surface area contributed by atoms with Gasteiger partial charge in [0, 0.05) is 33.7 Å².